The number of benzene rings is 2. The molecule has 2 aromatic rings. The fourth-order valence-corrected chi connectivity index (χ4v) is 11.6. The maximum absolute atomic E-state index is 14.5. The summed E-state index contributed by atoms with van der Waals surface area (Å²) in [6.45, 7) is 0. The first-order chi connectivity index (χ1) is 22.4. The molecule has 0 amide bonds. The van der Waals surface area contributed by atoms with Gasteiger partial charge in [0.2, 0.25) is 0 Å². The highest BCUT2D eigenvalue weighted by molar-refractivity contribution is 8.03. The zero-order chi connectivity index (χ0) is 34.9. The Bertz CT molecular complexity index is 1630. The van der Waals surface area contributed by atoms with E-state index in [9.17, 15) is 47.7 Å². The number of thioether (sulfide) groups is 2. The number of halogens is 6. The predicted molar refractivity (Wildman–Crippen MR) is 172 cm³/mol. The lowest BCUT2D eigenvalue weighted by molar-refractivity contribution is -0.0347. The molecule has 3 aliphatic carbocycles. The molecule has 0 aromatic heterocycles. The van der Waals surface area contributed by atoms with Crippen LogP contribution < -0.4 is 4.18 Å². The van der Waals surface area contributed by atoms with Crippen LogP contribution in [0.1, 0.15) is 131 Å². The quantitative estimate of drug-likeness (QED) is 0.117. The molecule has 6 nitrogen and oxygen atoms in total. The van der Waals surface area contributed by atoms with E-state index in [0.29, 0.717) is 48.9 Å². The van der Waals surface area contributed by atoms with Gasteiger partial charge in [0.1, 0.15) is 9.79 Å². The van der Waals surface area contributed by atoms with Gasteiger partial charge in [-0.15, -0.1) is 0 Å². The van der Waals surface area contributed by atoms with E-state index in [4.69, 9.17) is 4.18 Å². The van der Waals surface area contributed by atoms with Crippen molar-refractivity contribution in [3.05, 3.63) is 41.0 Å². The van der Waals surface area contributed by atoms with Gasteiger partial charge in [-0.25, -0.2) is 0 Å². The van der Waals surface area contributed by atoms with Gasteiger partial charge >= 0.3 is 21.1 Å². The van der Waals surface area contributed by atoms with Crippen LogP contribution in [-0.4, -0.2) is 32.4 Å². The average molecular weight is 761 g/mol. The molecule has 0 spiro atoms. The zero-order valence-electron chi connectivity index (χ0n) is 26.0. The van der Waals surface area contributed by atoms with Gasteiger partial charge in [0.25, 0.3) is 10.1 Å². The van der Waals surface area contributed by atoms with Crippen LogP contribution in [0, 0.1) is 0 Å². The highest BCUT2D eigenvalue weighted by atomic mass is 32.2. The van der Waals surface area contributed by atoms with Gasteiger partial charge < -0.3 is 4.18 Å². The van der Waals surface area contributed by atoms with Crippen LogP contribution in [0.15, 0.2) is 43.8 Å². The molecule has 5 rings (SSSR count). The summed E-state index contributed by atoms with van der Waals surface area (Å²) in [6.07, 6.45) is 13.3. The lowest BCUT2D eigenvalue weighted by Crippen LogP contribution is -2.22. The number of hydrogen-bond acceptors (Lipinski definition) is 7. The molecule has 2 aromatic carbocycles. The molecule has 16 heteroatoms. The van der Waals surface area contributed by atoms with Crippen molar-refractivity contribution >= 4 is 43.8 Å². The third-order valence-electron chi connectivity index (χ3n) is 9.54. The molecule has 0 saturated heterocycles. The van der Waals surface area contributed by atoms with E-state index in [0.717, 1.165) is 76.2 Å². The van der Waals surface area contributed by atoms with Crippen molar-refractivity contribution in [2.45, 2.75) is 145 Å². The Balaban J connectivity index is 1.72. The van der Waals surface area contributed by atoms with E-state index >= 15 is 0 Å². The second-order valence-corrected chi connectivity index (χ2v) is 17.9. The minimum atomic E-state index is -5.46. The smallest absolute Gasteiger partial charge is 0.378 e. The molecule has 268 valence electrons. The summed E-state index contributed by atoms with van der Waals surface area (Å²) < 4.78 is 150. The molecule has 3 fully saturated rings. The number of alkyl halides is 6. The van der Waals surface area contributed by atoms with E-state index in [1.54, 1.807) is 0 Å². The highest BCUT2D eigenvalue weighted by Crippen LogP contribution is 2.53. The minimum absolute atomic E-state index is 0.146. The maximum Gasteiger partial charge on any atom is 0.446 e. The van der Waals surface area contributed by atoms with Crippen LogP contribution in [-0.2, 0) is 20.2 Å². The van der Waals surface area contributed by atoms with Crippen molar-refractivity contribution in [2.75, 3.05) is 0 Å². The topological polar surface area (TPSA) is 97.7 Å². The monoisotopic (exact) mass is 760 g/mol. The van der Waals surface area contributed by atoms with Crippen molar-refractivity contribution in [1.82, 2.24) is 0 Å². The van der Waals surface area contributed by atoms with Gasteiger partial charge in [0.15, 0.2) is 5.75 Å². The van der Waals surface area contributed by atoms with Crippen molar-refractivity contribution in [2.24, 2.45) is 0 Å². The van der Waals surface area contributed by atoms with Crippen molar-refractivity contribution in [3.8, 4) is 5.75 Å². The molecule has 1 N–H and O–H groups in total. The Labute approximate surface area is 286 Å². The summed E-state index contributed by atoms with van der Waals surface area (Å²) >= 11 is -2.35. The Morgan fingerprint density at radius 2 is 1.04 bits per heavy atom. The summed E-state index contributed by atoms with van der Waals surface area (Å²) in [5, 5.41) is 0. The molecule has 0 unspecified atom stereocenters. The Morgan fingerprint density at radius 1 is 0.625 bits per heavy atom. The van der Waals surface area contributed by atoms with Crippen molar-refractivity contribution in [1.29, 1.82) is 0 Å². The molecule has 0 heterocycles. The fraction of sp³-hybridized carbons (Fsp3) is 0.625. The lowest BCUT2D eigenvalue weighted by Gasteiger charge is -2.32. The zero-order valence-corrected chi connectivity index (χ0v) is 29.3. The third kappa shape index (κ3) is 9.38. The first-order valence-electron chi connectivity index (χ1n) is 16.2. The second-order valence-electron chi connectivity index (χ2n) is 12.9. The lowest BCUT2D eigenvalue weighted by atomic mass is 9.76. The minimum Gasteiger partial charge on any atom is -0.378 e. The molecule has 48 heavy (non-hydrogen) atoms. The van der Waals surface area contributed by atoms with E-state index in [1.807, 2.05) is 12.1 Å². The Morgan fingerprint density at radius 3 is 1.46 bits per heavy atom. The van der Waals surface area contributed by atoms with Crippen LogP contribution in [0.5, 0.6) is 5.75 Å². The summed E-state index contributed by atoms with van der Waals surface area (Å²) in [4.78, 5) is -4.56. The van der Waals surface area contributed by atoms with E-state index in [-0.39, 0.29) is 22.6 Å². The van der Waals surface area contributed by atoms with Crippen LogP contribution in [0.4, 0.5) is 26.3 Å². The van der Waals surface area contributed by atoms with E-state index in [1.165, 1.54) is 0 Å². The second kappa shape index (κ2) is 14.9. The fourth-order valence-electron chi connectivity index (χ4n) is 7.47. The predicted octanol–water partition coefficient (Wildman–Crippen LogP) is 11.1. The molecule has 0 atom stereocenters. The maximum atomic E-state index is 14.5. The Kier molecular flexibility index (Phi) is 11.7. The third-order valence-corrected chi connectivity index (χ3v) is 13.8. The van der Waals surface area contributed by atoms with Gasteiger partial charge in [0.05, 0.1) is 9.79 Å². The Hall–Kier alpha value is -1.62. The molecular weight excluding hydrogens is 723 g/mol. The van der Waals surface area contributed by atoms with Crippen LogP contribution in [0.25, 0.3) is 0 Å². The van der Waals surface area contributed by atoms with Gasteiger partial charge in [-0.1, -0.05) is 69.9 Å². The van der Waals surface area contributed by atoms with Crippen LogP contribution >= 0.6 is 23.5 Å². The number of hydrogen-bond donors (Lipinski definition) is 1. The van der Waals surface area contributed by atoms with Gasteiger partial charge in [0, 0.05) is 0 Å². The van der Waals surface area contributed by atoms with Crippen LogP contribution in [0.2, 0.25) is 0 Å². The molecule has 0 bridgehead atoms. The van der Waals surface area contributed by atoms with Gasteiger partial charge in [-0.05, 0) is 109 Å². The first-order valence-corrected chi connectivity index (χ1v) is 20.7. The van der Waals surface area contributed by atoms with Gasteiger partial charge in [-0.3, -0.25) is 4.55 Å². The molecule has 3 saturated carbocycles. The van der Waals surface area contributed by atoms with Crippen LogP contribution in [0.3, 0.4) is 0 Å². The summed E-state index contributed by atoms with van der Waals surface area (Å²) in [7, 11) is -10.5. The normalized spacial score (nSPS) is 19.8. The summed E-state index contributed by atoms with van der Waals surface area (Å²) in [6, 6.07) is 4.79. The highest BCUT2D eigenvalue weighted by Gasteiger charge is 2.41. The van der Waals surface area contributed by atoms with Crippen molar-refractivity contribution < 1.29 is 51.9 Å². The molecule has 3 aliphatic rings. The largest absolute Gasteiger partial charge is 0.446 e. The van der Waals surface area contributed by atoms with Crippen molar-refractivity contribution in [3.63, 3.8) is 0 Å². The van der Waals surface area contributed by atoms with E-state index in [2.05, 4.69) is 0 Å². The summed E-state index contributed by atoms with van der Waals surface area (Å²) in [5.74, 6) is -1.22. The molecule has 0 aliphatic heterocycles. The van der Waals surface area contributed by atoms with Gasteiger partial charge in [-0.2, -0.15) is 43.2 Å². The molecular formula is C32H38F6O6S4. The molecule has 0 radical (unpaired) electrons. The average Bonchev–Trinajstić information content (AvgIpc) is 3.01. The standard InChI is InChI=1S/C32H38F6O6S4/c33-31(34,35)45-28-26(16-17-27(47(39,40)41)29(28)46-32(36,37)38)44-48(42,43)30-24(21-12-6-2-7-13-21)18-23(20-10-4-1-5-11-20)19-25(30)22-14-8-3-9-15-22/h16-22H,1-15H2,(H,39,40,41). The van der Waals surface area contributed by atoms with E-state index < -0.39 is 75.2 Å². The number of rotatable bonds is 9. The SMILES string of the molecule is O=S(=O)(O)c1ccc(OS(=O)(=O)c2c(C3CCCCC3)cc(C3CCCCC3)cc2C2CCCCC2)c(SC(F)(F)F)c1SC(F)(F)F. The summed E-state index contributed by atoms with van der Waals surface area (Å²) in [5.41, 5.74) is -8.48. The first kappa shape index (κ1) is 37.6.